The van der Waals surface area contributed by atoms with Crippen LogP contribution in [0.15, 0.2) is 9.85 Å². The van der Waals surface area contributed by atoms with Crippen molar-refractivity contribution in [2.45, 2.75) is 51.7 Å². The van der Waals surface area contributed by atoms with Gasteiger partial charge in [-0.05, 0) is 67.1 Å². The van der Waals surface area contributed by atoms with E-state index < -0.39 is 5.60 Å². The Morgan fingerprint density at radius 2 is 2.09 bits per heavy atom. The second-order valence-electron chi connectivity index (χ2n) is 6.65. The molecule has 1 amide bonds. The van der Waals surface area contributed by atoms with Gasteiger partial charge in [0.1, 0.15) is 5.60 Å². The molecule has 0 aromatic carbocycles. The number of ether oxygens (including phenoxy) is 2. The van der Waals surface area contributed by atoms with Crippen molar-refractivity contribution in [3.8, 4) is 0 Å². The molecule has 0 aliphatic carbocycles. The lowest BCUT2D eigenvalue weighted by atomic mass is 9.92. The lowest BCUT2D eigenvalue weighted by molar-refractivity contribution is 0.0285. The number of thiophene rings is 1. The number of hydrogen-bond acceptors (Lipinski definition) is 4. The molecule has 1 aromatic rings. The molecule has 0 bridgehead atoms. The number of carbonyl (C=O) groups is 1. The molecule has 6 heteroatoms. The molecule has 124 valence electrons. The van der Waals surface area contributed by atoms with Crippen LogP contribution in [0.1, 0.15) is 50.0 Å². The molecule has 22 heavy (non-hydrogen) atoms. The molecular weight excluding hydrogens is 366 g/mol. The second kappa shape index (κ2) is 7.32. The molecule has 0 N–H and O–H groups in total. The number of carbonyl (C=O) groups excluding carboxylic acids is 1. The van der Waals surface area contributed by atoms with Gasteiger partial charge in [0.15, 0.2) is 0 Å². The SMILES string of the molecule is CN(Cc1sc(Br)cc1C1CCOCC1)C(=O)OC(C)(C)C. The van der Waals surface area contributed by atoms with Crippen molar-refractivity contribution in [3.63, 3.8) is 0 Å². The van der Waals surface area contributed by atoms with Crippen LogP contribution < -0.4 is 0 Å². The molecule has 1 fully saturated rings. The Kier molecular flexibility index (Phi) is 5.91. The van der Waals surface area contributed by atoms with Gasteiger partial charge in [-0.15, -0.1) is 11.3 Å². The summed E-state index contributed by atoms with van der Waals surface area (Å²) in [6, 6.07) is 2.19. The van der Waals surface area contributed by atoms with Crippen molar-refractivity contribution in [1.29, 1.82) is 0 Å². The molecule has 1 aliphatic rings. The zero-order valence-electron chi connectivity index (χ0n) is 13.6. The summed E-state index contributed by atoms with van der Waals surface area (Å²) < 4.78 is 12.0. The number of nitrogens with zero attached hydrogens (tertiary/aromatic N) is 1. The van der Waals surface area contributed by atoms with Crippen LogP contribution in [-0.2, 0) is 16.0 Å². The van der Waals surface area contributed by atoms with Crippen molar-refractivity contribution < 1.29 is 14.3 Å². The van der Waals surface area contributed by atoms with E-state index in [2.05, 4.69) is 22.0 Å². The van der Waals surface area contributed by atoms with Crippen LogP contribution in [0.4, 0.5) is 4.79 Å². The summed E-state index contributed by atoms with van der Waals surface area (Å²) >= 11 is 5.28. The lowest BCUT2D eigenvalue weighted by Crippen LogP contribution is -2.33. The van der Waals surface area contributed by atoms with Crippen molar-refractivity contribution in [2.75, 3.05) is 20.3 Å². The zero-order chi connectivity index (χ0) is 16.3. The monoisotopic (exact) mass is 389 g/mol. The van der Waals surface area contributed by atoms with Gasteiger partial charge < -0.3 is 14.4 Å². The Balaban J connectivity index is 2.07. The van der Waals surface area contributed by atoms with E-state index >= 15 is 0 Å². The Hall–Kier alpha value is -0.590. The normalized spacial score (nSPS) is 16.6. The van der Waals surface area contributed by atoms with Crippen LogP contribution in [0.2, 0.25) is 0 Å². The van der Waals surface area contributed by atoms with E-state index in [-0.39, 0.29) is 6.09 Å². The summed E-state index contributed by atoms with van der Waals surface area (Å²) in [6.45, 7) is 7.87. The molecule has 1 saturated heterocycles. The molecule has 4 nitrogen and oxygen atoms in total. The van der Waals surface area contributed by atoms with Crippen LogP contribution >= 0.6 is 27.3 Å². The molecule has 0 atom stereocenters. The Bertz CT molecular complexity index is 518. The van der Waals surface area contributed by atoms with E-state index in [9.17, 15) is 4.79 Å². The maximum Gasteiger partial charge on any atom is 0.410 e. The van der Waals surface area contributed by atoms with Gasteiger partial charge in [-0.1, -0.05) is 0 Å². The summed E-state index contributed by atoms with van der Waals surface area (Å²) in [4.78, 5) is 15.0. The molecular formula is C16H24BrNO3S. The average Bonchev–Trinajstić information content (AvgIpc) is 2.78. The number of halogens is 1. The molecule has 1 aliphatic heterocycles. The second-order valence-corrected chi connectivity index (χ2v) is 9.17. The summed E-state index contributed by atoms with van der Waals surface area (Å²) in [7, 11) is 1.79. The molecule has 1 aromatic heterocycles. The fraction of sp³-hybridized carbons (Fsp3) is 0.688. The highest BCUT2D eigenvalue weighted by Crippen LogP contribution is 2.37. The van der Waals surface area contributed by atoms with E-state index in [1.54, 1.807) is 23.3 Å². The van der Waals surface area contributed by atoms with Gasteiger partial charge in [0.2, 0.25) is 0 Å². The molecule has 0 saturated carbocycles. The Morgan fingerprint density at radius 3 is 2.68 bits per heavy atom. The first-order valence-corrected chi connectivity index (χ1v) is 9.17. The first-order valence-electron chi connectivity index (χ1n) is 7.56. The Labute approximate surface area is 144 Å². The van der Waals surface area contributed by atoms with Crippen molar-refractivity contribution >= 4 is 33.4 Å². The fourth-order valence-corrected chi connectivity index (χ4v) is 4.36. The maximum atomic E-state index is 12.1. The molecule has 0 radical (unpaired) electrons. The minimum Gasteiger partial charge on any atom is -0.444 e. The third-order valence-electron chi connectivity index (χ3n) is 3.56. The number of amides is 1. The highest BCUT2D eigenvalue weighted by molar-refractivity contribution is 9.11. The van der Waals surface area contributed by atoms with Crippen molar-refractivity contribution in [3.05, 3.63) is 20.3 Å². The van der Waals surface area contributed by atoms with Gasteiger partial charge in [-0.2, -0.15) is 0 Å². The largest absolute Gasteiger partial charge is 0.444 e. The molecule has 2 rings (SSSR count). The number of hydrogen-bond donors (Lipinski definition) is 0. The topological polar surface area (TPSA) is 38.8 Å². The van der Waals surface area contributed by atoms with Crippen LogP contribution in [0.3, 0.4) is 0 Å². The molecule has 0 spiro atoms. The van der Waals surface area contributed by atoms with E-state index in [0.717, 1.165) is 29.8 Å². The standard InChI is InChI=1S/C16H24BrNO3S/c1-16(2,3)21-15(19)18(4)10-13-12(9-14(17)22-13)11-5-7-20-8-6-11/h9,11H,5-8,10H2,1-4H3. The van der Waals surface area contributed by atoms with E-state index in [1.807, 2.05) is 20.8 Å². The smallest absolute Gasteiger partial charge is 0.410 e. The molecule has 0 unspecified atom stereocenters. The minimum absolute atomic E-state index is 0.282. The highest BCUT2D eigenvalue weighted by Gasteiger charge is 2.24. The first-order chi connectivity index (χ1) is 10.3. The van der Waals surface area contributed by atoms with Gasteiger partial charge in [0.05, 0.1) is 10.3 Å². The third kappa shape index (κ3) is 4.96. The van der Waals surface area contributed by atoms with Crippen LogP contribution in [0.5, 0.6) is 0 Å². The summed E-state index contributed by atoms with van der Waals surface area (Å²) in [5.41, 5.74) is 0.876. The lowest BCUT2D eigenvalue weighted by Gasteiger charge is -2.26. The van der Waals surface area contributed by atoms with Crippen molar-refractivity contribution in [1.82, 2.24) is 4.90 Å². The minimum atomic E-state index is -0.467. The average molecular weight is 390 g/mol. The van der Waals surface area contributed by atoms with E-state index in [0.29, 0.717) is 12.5 Å². The predicted molar refractivity (Wildman–Crippen MR) is 92.5 cm³/mol. The first kappa shape index (κ1) is 17.8. The summed E-state index contributed by atoms with van der Waals surface area (Å²) in [5, 5.41) is 0. The zero-order valence-corrected chi connectivity index (χ0v) is 16.1. The molecule has 2 heterocycles. The van der Waals surface area contributed by atoms with E-state index in [4.69, 9.17) is 9.47 Å². The van der Waals surface area contributed by atoms with Gasteiger partial charge in [-0.25, -0.2) is 4.79 Å². The van der Waals surface area contributed by atoms with Gasteiger partial charge >= 0.3 is 6.09 Å². The summed E-state index contributed by atoms with van der Waals surface area (Å²) in [6.07, 6.45) is 1.81. The van der Waals surface area contributed by atoms with Crippen LogP contribution in [0, 0.1) is 0 Å². The van der Waals surface area contributed by atoms with Gasteiger partial charge in [-0.3, -0.25) is 0 Å². The maximum absolute atomic E-state index is 12.1. The van der Waals surface area contributed by atoms with Gasteiger partial charge in [0.25, 0.3) is 0 Å². The van der Waals surface area contributed by atoms with Crippen molar-refractivity contribution in [2.24, 2.45) is 0 Å². The van der Waals surface area contributed by atoms with E-state index in [1.165, 1.54) is 10.4 Å². The van der Waals surface area contributed by atoms with Crippen LogP contribution in [-0.4, -0.2) is 36.9 Å². The Morgan fingerprint density at radius 1 is 1.45 bits per heavy atom. The fourth-order valence-electron chi connectivity index (χ4n) is 2.51. The van der Waals surface area contributed by atoms with Crippen LogP contribution in [0.25, 0.3) is 0 Å². The highest BCUT2D eigenvalue weighted by atomic mass is 79.9. The third-order valence-corrected chi connectivity index (χ3v) is 5.20. The number of rotatable bonds is 3. The predicted octanol–water partition coefficient (Wildman–Crippen LogP) is 4.77. The summed E-state index contributed by atoms with van der Waals surface area (Å²) in [5.74, 6) is 0.526. The van der Waals surface area contributed by atoms with Gasteiger partial charge in [0, 0.05) is 25.1 Å². The quantitative estimate of drug-likeness (QED) is 0.746.